The van der Waals surface area contributed by atoms with Gasteiger partial charge < -0.3 is 15.0 Å². The van der Waals surface area contributed by atoms with Gasteiger partial charge in [-0.05, 0) is 62.0 Å². The van der Waals surface area contributed by atoms with E-state index in [1.54, 1.807) is 0 Å². The highest BCUT2D eigenvalue weighted by atomic mass is 35.5. The Morgan fingerprint density at radius 1 is 1.21 bits per heavy atom. The molecule has 3 fully saturated rings. The van der Waals surface area contributed by atoms with E-state index in [4.69, 9.17) is 16.3 Å². The average Bonchev–Trinajstić information content (AvgIpc) is 3.10. The maximum atomic E-state index is 5.96. The number of aryl methyl sites for hydroxylation is 1. The van der Waals surface area contributed by atoms with Gasteiger partial charge in [-0.3, -0.25) is 0 Å². The molecule has 1 aromatic rings. The molecule has 1 saturated carbocycles. The Morgan fingerprint density at radius 3 is 2.58 bits per heavy atom. The van der Waals surface area contributed by atoms with Gasteiger partial charge in [-0.15, -0.1) is 10.2 Å². The summed E-state index contributed by atoms with van der Waals surface area (Å²) in [5, 5.41) is 12.2. The molecule has 6 heteroatoms. The van der Waals surface area contributed by atoms with Crippen molar-refractivity contribution in [3.63, 3.8) is 0 Å². The van der Waals surface area contributed by atoms with Crippen molar-refractivity contribution in [1.29, 1.82) is 0 Å². The second-order valence-electron chi connectivity index (χ2n) is 7.81. The van der Waals surface area contributed by atoms with Crippen molar-refractivity contribution in [2.45, 2.75) is 38.6 Å². The summed E-state index contributed by atoms with van der Waals surface area (Å²) < 4.78 is 5.48. The molecule has 2 aliphatic heterocycles. The number of rotatable bonds is 4. The highest BCUT2D eigenvalue weighted by Crippen LogP contribution is 2.39. The van der Waals surface area contributed by atoms with Gasteiger partial charge in [-0.1, -0.05) is 11.6 Å². The molecule has 0 aromatic carbocycles. The first-order valence-electron chi connectivity index (χ1n) is 9.24. The van der Waals surface area contributed by atoms with Crippen molar-refractivity contribution >= 4 is 17.4 Å². The summed E-state index contributed by atoms with van der Waals surface area (Å²) in [5.41, 5.74) is 0.981. The lowest BCUT2D eigenvalue weighted by atomic mass is 10.00. The lowest BCUT2D eigenvalue weighted by Crippen LogP contribution is -2.32. The SMILES string of the molecule is Cc1cc(N[C@@H]2C[C@@H]3CN(CC4CCOCC4)C[C@@H]3C2)nnc1Cl. The predicted octanol–water partition coefficient (Wildman–Crippen LogP) is 2.99. The zero-order chi connectivity index (χ0) is 16.5. The molecule has 1 aromatic heterocycles. The van der Waals surface area contributed by atoms with Gasteiger partial charge in [0.15, 0.2) is 5.15 Å². The van der Waals surface area contributed by atoms with E-state index in [0.717, 1.165) is 42.3 Å². The van der Waals surface area contributed by atoms with E-state index in [-0.39, 0.29) is 0 Å². The molecule has 3 heterocycles. The summed E-state index contributed by atoms with van der Waals surface area (Å²) in [6.07, 6.45) is 4.98. The van der Waals surface area contributed by atoms with E-state index in [0.29, 0.717) is 11.2 Å². The molecule has 0 bridgehead atoms. The molecule has 1 aliphatic carbocycles. The third kappa shape index (κ3) is 3.68. The lowest BCUT2D eigenvalue weighted by Gasteiger charge is -2.27. The van der Waals surface area contributed by atoms with E-state index in [2.05, 4.69) is 20.4 Å². The van der Waals surface area contributed by atoms with Crippen LogP contribution in [0.15, 0.2) is 6.07 Å². The third-order valence-electron chi connectivity index (χ3n) is 5.96. The summed E-state index contributed by atoms with van der Waals surface area (Å²) in [7, 11) is 0. The number of fused-ring (bicyclic) bond motifs is 1. The number of hydrogen-bond donors (Lipinski definition) is 1. The zero-order valence-corrected chi connectivity index (χ0v) is 15.1. The van der Waals surface area contributed by atoms with E-state index in [1.165, 1.54) is 45.3 Å². The summed E-state index contributed by atoms with van der Waals surface area (Å²) in [4.78, 5) is 2.70. The second kappa shape index (κ2) is 7.14. The molecule has 4 rings (SSSR count). The molecule has 0 amide bonds. The normalized spacial score (nSPS) is 31.3. The Labute approximate surface area is 149 Å². The minimum absolute atomic E-state index is 0.493. The number of hydrogen-bond acceptors (Lipinski definition) is 5. The van der Waals surface area contributed by atoms with Crippen LogP contribution < -0.4 is 5.32 Å². The molecule has 24 heavy (non-hydrogen) atoms. The van der Waals surface area contributed by atoms with Gasteiger partial charge in [-0.25, -0.2) is 0 Å². The van der Waals surface area contributed by atoms with Crippen LogP contribution in [-0.2, 0) is 4.74 Å². The zero-order valence-electron chi connectivity index (χ0n) is 14.4. The van der Waals surface area contributed by atoms with Gasteiger partial charge in [0.1, 0.15) is 5.82 Å². The summed E-state index contributed by atoms with van der Waals surface area (Å²) in [5.74, 6) is 3.38. The highest BCUT2D eigenvalue weighted by Gasteiger charge is 2.41. The Kier molecular flexibility index (Phi) is 4.93. The van der Waals surface area contributed by atoms with Crippen molar-refractivity contribution in [3.05, 3.63) is 16.8 Å². The Morgan fingerprint density at radius 2 is 1.92 bits per heavy atom. The maximum absolute atomic E-state index is 5.96. The lowest BCUT2D eigenvalue weighted by molar-refractivity contribution is 0.0545. The largest absolute Gasteiger partial charge is 0.381 e. The van der Waals surface area contributed by atoms with Gasteiger partial charge in [0.05, 0.1) is 0 Å². The quantitative estimate of drug-likeness (QED) is 0.904. The Hall–Kier alpha value is -0.910. The van der Waals surface area contributed by atoms with Crippen LogP contribution in [0.3, 0.4) is 0 Å². The fourth-order valence-electron chi connectivity index (χ4n) is 4.71. The standard InChI is InChI=1S/C18H27ClN4O/c1-12-6-17(21-22-18(12)19)20-16-7-14-10-23(11-15(14)8-16)9-13-2-4-24-5-3-13/h6,13-16H,2-5,7-11H2,1H3,(H,20,21)/t14-,15+,16-. The average molecular weight is 351 g/mol. The topological polar surface area (TPSA) is 50.3 Å². The van der Waals surface area contributed by atoms with Crippen LogP contribution in [0.1, 0.15) is 31.2 Å². The number of aromatic nitrogens is 2. The monoisotopic (exact) mass is 350 g/mol. The minimum atomic E-state index is 0.493. The van der Waals surface area contributed by atoms with Gasteiger partial charge in [0.25, 0.3) is 0 Å². The number of likely N-dealkylation sites (tertiary alicyclic amines) is 1. The van der Waals surface area contributed by atoms with E-state index < -0.39 is 0 Å². The van der Waals surface area contributed by atoms with Crippen LogP contribution in [0, 0.1) is 24.7 Å². The number of ether oxygens (including phenoxy) is 1. The first kappa shape index (κ1) is 16.6. The molecule has 3 aliphatic rings. The van der Waals surface area contributed by atoms with E-state index >= 15 is 0 Å². The first-order chi connectivity index (χ1) is 11.7. The van der Waals surface area contributed by atoms with E-state index in [9.17, 15) is 0 Å². The fourth-order valence-corrected chi connectivity index (χ4v) is 4.80. The van der Waals surface area contributed by atoms with Crippen LogP contribution in [0.2, 0.25) is 5.15 Å². The van der Waals surface area contributed by atoms with Crippen LogP contribution in [0.25, 0.3) is 0 Å². The minimum Gasteiger partial charge on any atom is -0.381 e. The molecule has 5 nitrogen and oxygen atoms in total. The van der Waals surface area contributed by atoms with Crippen LogP contribution in [0.5, 0.6) is 0 Å². The second-order valence-corrected chi connectivity index (χ2v) is 8.17. The van der Waals surface area contributed by atoms with Crippen LogP contribution in [0.4, 0.5) is 5.82 Å². The fraction of sp³-hybridized carbons (Fsp3) is 0.778. The molecule has 2 saturated heterocycles. The molecule has 132 valence electrons. The summed E-state index contributed by atoms with van der Waals surface area (Å²) in [6.45, 7) is 7.70. The smallest absolute Gasteiger partial charge is 0.154 e. The van der Waals surface area contributed by atoms with Crippen molar-refractivity contribution in [1.82, 2.24) is 15.1 Å². The van der Waals surface area contributed by atoms with Crippen LogP contribution >= 0.6 is 11.6 Å². The number of nitrogens with zero attached hydrogens (tertiary/aromatic N) is 3. The molecule has 1 N–H and O–H groups in total. The molecular weight excluding hydrogens is 324 g/mol. The van der Waals surface area contributed by atoms with Crippen LogP contribution in [-0.4, -0.2) is 54.0 Å². The third-order valence-corrected chi connectivity index (χ3v) is 6.33. The Balaban J connectivity index is 1.27. The number of halogens is 1. The van der Waals surface area contributed by atoms with Crippen molar-refractivity contribution in [2.24, 2.45) is 17.8 Å². The number of anilines is 1. The summed E-state index contributed by atoms with van der Waals surface area (Å²) in [6, 6.07) is 2.53. The van der Waals surface area contributed by atoms with E-state index in [1.807, 2.05) is 13.0 Å². The van der Waals surface area contributed by atoms with Crippen molar-refractivity contribution < 1.29 is 4.74 Å². The van der Waals surface area contributed by atoms with Gasteiger partial charge in [0, 0.05) is 38.9 Å². The van der Waals surface area contributed by atoms with Gasteiger partial charge >= 0.3 is 0 Å². The highest BCUT2D eigenvalue weighted by molar-refractivity contribution is 6.30. The number of nitrogens with one attached hydrogen (secondary N) is 1. The molecule has 0 unspecified atom stereocenters. The molecule has 0 radical (unpaired) electrons. The predicted molar refractivity (Wildman–Crippen MR) is 95.4 cm³/mol. The molecule has 3 atom stereocenters. The molecule has 0 spiro atoms. The molecular formula is C18H27ClN4O. The van der Waals surface area contributed by atoms with Crippen molar-refractivity contribution in [2.75, 3.05) is 38.2 Å². The van der Waals surface area contributed by atoms with Gasteiger partial charge in [0.2, 0.25) is 0 Å². The van der Waals surface area contributed by atoms with Crippen molar-refractivity contribution in [3.8, 4) is 0 Å². The Bertz CT molecular complexity index is 564. The maximum Gasteiger partial charge on any atom is 0.154 e. The summed E-state index contributed by atoms with van der Waals surface area (Å²) >= 11 is 5.96. The first-order valence-corrected chi connectivity index (χ1v) is 9.61. The van der Waals surface area contributed by atoms with Gasteiger partial charge in [-0.2, -0.15) is 0 Å².